The van der Waals surface area contributed by atoms with Crippen molar-refractivity contribution < 1.29 is 0 Å². The van der Waals surface area contributed by atoms with Crippen LogP contribution in [-0.2, 0) is 6.54 Å². The molecular formula is C14H23NS2. The van der Waals surface area contributed by atoms with Gasteiger partial charge in [-0.15, -0.1) is 0 Å². The highest BCUT2D eigenvalue weighted by molar-refractivity contribution is 7.80. The molecule has 1 heterocycles. The van der Waals surface area contributed by atoms with Crippen LogP contribution in [-0.4, -0.2) is 23.2 Å². The van der Waals surface area contributed by atoms with Crippen molar-refractivity contribution in [2.24, 2.45) is 5.92 Å². The number of nitrogens with zero attached hydrogens (tertiary/aromatic N) is 1. The van der Waals surface area contributed by atoms with Gasteiger partial charge >= 0.3 is 0 Å². The fraction of sp³-hybridized carbons (Fsp3) is 0.714. The minimum absolute atomic E-state index is 0.816. The average Bonchev–Trinajstić information content (AvgIpc) is 3.03. The van der Waals surface area contributed by atoms with Crippen molar-refractivity contribution >= 4 is 24.0 Å². The number of thiol groups is 1. The van der Waals surface area contributed by atoms with Gasteiger partial charge in [-0.2, -0.15) is 24.0 Å². The van der Waals surface area contributed by atoms with Crippen LogP contribution in [0.15, 0.2) is 16.8 Å². The first-order valence-corrected chi connectivity index (χ1v) is 8.23. The number of hydrogen-bond donors (Lipinski definition) is 1. The molecule has 0 bridgehead atoms. The summed E-state index contributed by atoms with van der Waals surface area (Å²) in [6.45, 7) is 4.77. The molecule has 0 amide bonds. The molecule has 1 aliphatic carbocycles. The minimum atomic E-state index is 0.816. The van der Waals surface area contributed by atoms with Crippen LogP contribution in [0.25, 0.3) is 0 Å². The number of hydrogen-bond acceptors (Lipinski definition) is 3. The van der Waals surface area contributed by atoms with E-state index in [2.05, 4.69) is 41.3 Å². The van der Waals surface area contributed by atoms with E-state index in [4.69, 9.17) is 0 Å². The van der Waals surface area contributed by atoms with Crippen molar-refractivity contribution in [2.75, 3.05) is 12.3 Å². The van der Waals surface area contributed by atoms with Crippen molar-refractivity contribution in [1.29, 1.82) is 0 Å². The molecule has 0 spiro atoms. The third-order valence-electron chi connectivity index (χ3n) is 3.56. The summed E-state index contributed by atoms with van der Waals surface area (Å²) < 4.78 is 0. The second-order valence-electron chi connectivity index (χ2n) is 5.24. The summed E-state index contributed by atoms with van der Waals surface area (Å²) in [5.74, 6) is 1.84. The van der Waals surface area contributed by atoms with Crippen molar-refractivity contribution in [3.63, 3.8) is 0 Å². The van der Waals surface area contributed by atoms with Crippen LogP contribution in [0, 0.1) is 5.92 Å². The van der Waals surface area contributed by atoms with Gasteiger partial charge in [0.15, 0.2) is 0 Å². The lowest BCUT2D eigenvalue weighted by molar-refractivity contribution is 0.236. The van der Waals surface area contributed by atoms with Gasteiger partial charge in [-0.25, -0.2) is 0 Å². The minimum Gasteiger partial charge on any atom is -0.296 e. The topological polar surface area (TPSA) is 3.24 Å². The molecule has 1 aromatic heterocycles. The predicted molar refractivity (Wildman–Crippen MR) is 80.0 cm³/mol. The maximum absolute atomic E-state index is 4.32. The largest absolute Gasteiger partial charge is 0.296 e. The maximum Gasteiger partial charge on any atom is 0.0244 e. The lowest BCUT2D eigenvalue weighted by Gasteiger charge is -2.23. The molecule has 1 aliphatic rings. The first kappa shape index (κ1) is 13.4. The highest BCUT2D eigenvalue weighted by Gasteiger charge is 2.28. The molecule has 1 nitrogen and oxygen atoms in total. The third-order valence-corrected chi connectivity index (χ3v) is 4.55. The fourth-order valence-corrected chi connectivity index (χ4v) is 3.30. The van der Waals surface area contributed by atoms with Crippen molar-refractivity contribution in [2.45, 2.75) is 45.2 Å². The molecule has 0 radical (unpaired) electrons. The summed E-state index contributed by atoms with van der Waals surface area (Å²) in [4.78, 5) is 2.68. The second kappa shape index (κ2) is 6.81. The zero-order valence-corrected chi connectivity index (χ0v) is 12.4. The molecule has 1 atom stereocenters. The smallest absolute Gasteiger partial charge is 0.0244 e. The first-order chi connectivity index (χ1) is 8.29. The Morgan fingerprint density at radius 2 is 2.29 bits per heavy atom. The monoisotopic (exact) mass is 269 g/mol. The summed E-state index contributed by atoms with van der Waals surface area (Å²) in [5.41, 5.74) is 1.49. The van der Waals surface area contributed by atoms with Gasteiger partial charge in [0.1, 0.15) is 0 Å². The van der Waals surface area contributed by atoms with E-state index < -0.39 is 0 Å². The van der Waals surface area contributed by atoms with Gasteiger partial charge in [0.2, 0.25) is 0 Å². The molecule has 1 saturated carbocycles. The Hall–Kier alpha value is 0.01000. The highest BCUT2D eigenvalue weighted by atomic mass is 32.1. The standard InChI is InChI=1S/C14H23NS2/c1-12(5-8-16)4-7-15(14-2-3-14)10-13-6-9-17-11-13/h6,9,11-12,14,16H,2-5,7-8,10H2,1H3. The summed E-state index contributed by atoms with van der Waals surface area (Å²) in [5, 5.41) is 4.47. The Kier molecular flexibility index (Phi) is 5.39. The Balaban J connectivity index is 1.77. The Bertz CT molecular complexity index is 306. The predicted octanol–water partition coefficient (Wildman–Crippen LogP) is 4.06. The van der Waals surface area contributed by atoms with Crippen molar-refractivity contribution in [3.8, 4) is 0 Å². The van der Waals surface area contributed by atoms with E-state index in [1.165, 1.54) is 37.8 Å². The fourth-order valence-electron chi connectivity index (χ4n) is 2.20. The Morgan fingerprint density at radius 3 is 2.88 bits per heavy atom. The molecular weight excluding hydrogens is 246 g/mol. The molecule has 17 heavy (non-hydrogen) atoms. The van der Waals surface area contributed by atoms with E-state index >= 15 is 0 Å². The van der Waals surface area contributed by atoms with E-state index in [1.807, 2.05) is 11.3 Å². The maximum atomic E-state index is 4.32. The second-order valence-corrected chi connectivity index (χ2v) is 6.47. The van der Waals surface area contributed by atoms with Gasteiger partial charge in [0.25, 0.3) is 0 Å². The molecule has 1 aromatic rings. The normalized spacial score (nSPS) is 17.6. The molecule has 0 aliphatic heterocycles. The van der Waals surface area contributed by atoms with Gasteiger partial charge in [0.05, 0.1) is 0 Å². The van der Waals surface area contributed by atoms with Gasteiger partial charge in [0, 0.05) is 12.6 Å². The van der Waals surface area contributed by atoms with Crippen LogP contribution in [0.4, 0.5) is 0 Å². The van der Waals surface area contributed by atoms with Crippen LogP contribution >= 0.6 is 24.0 Å². The van der Waals surface area contributed by atoms with Crippen LogP contribution in [0.3, 0.4) is 0 Å². The third kappa shape index (κ3) is 4.65. The van der Waals surface area contributed by atoms with Gasteiger partial charge in [-0.3, -0.25) is 4.90 Å². The van der Waals surface area contributed by atoms with Gasteiger partial charge < -0.3 is 0 Å². The summed E-state index contributed by atoms with van der Waals surface area (Å²) in [7, 11) is 0. The van der Waals surface area contributed by atoms with E-state index in [-0.39, 0.29) is 0 Å². The molecule has 0 aromatic carbocycles. The van der Waals surface area contributed by atoms with Gasteiger partial charge in [-0.05, 0) is 66.3 Å². The summed E-state index contributed by atoms with van der Waals surface area (Å²) in [6, 6.07) is 3.13. The molecule has 96 valence electrons. The number of thiophene rings is 1. The van der Waals surface area contributed by atoms with Crippen molar-refractivity contribution in [3.05, 3.63) is 22.4 Å². The molecule has 0 saturated heterocycles. The molecule has 0 N–H and O–H groups in total. The van der Waals surface area contributed by atoms with Crippen molar-refractivity contribution in [1.82, 2.24) is 4.90 Å². The zero-order chi connectivity index (χ0) is 12.1. The van der Waals surface area contributed by atoms with Crippen LogP contribution in [0.2, 0.25) is 0 Å². The van der Waals surface area contributed by atoms with E-state index in [0.29, 0.717) is 0 Å². The van der Waals surface area contributed by atoms with E-state index in [0.717, 1.165) is 24.3 Å². The van der Waals surface area contributed by atoms with Crippen LogP contribution < -0.4 is 0 Å². The molecule has 3 heteroatoms. The first-order valence-electron chi connectivity index (χ1n) is 6.65. The molecule has 2 rings (SSSR count). The Morgan fingerprint density at radius 1 is 1.47 bits per heavy atom. The lowest BCUT2D eigenvalue weighted by atomic mass is 10.0. The van der Waals surface area contributed by atoms with Gasteiger partial charge in [-0.1, -0.05) is 6.92 Å². The molecule has 1 unspecified atom stereocenters. The quantitative estimate of drug-likeness (QED) is 0.697. The SMILES string of the molecule is CC(CCS)CCN(Cc1ccsc1)C1CC1. The highest BCUT2D eigenvalue weighted by Crippen LogP contribution is 2.29. The summed E-state index contributed by atoms with van der Waals surface area (Å²) >= 11 is 6.13. The number of rotatable bonds is 8. The summed E-state index contributed by atoms with van der Waals surface area (Å²) in [6.07, 6.45) is 5.39. The van der Waals surface area contributed by atoms with E-state index in [9.17, 15) is 0 Å². The van der Waals surface area contributed by atoms with Crippen LogP contribution in [0.5, 0.6) is 0 Å². The van der Waals surface area contributed by atoms with E-state index in [1.54, 1.807) is 0 Å². The molecule has 1 fully saturated rings. The average molecular weight is 269 g/mol. The Labute approximate surface area is 115 Å². The zero-order valence-electron chi connectivity index (χ0n) is 10.6. The van der Waals surface area contributed by atoms with Crippen LogP contribution in [0.1, 0.15) is 38.2 Å². The lowest BCUT2D eigenvalue weighted by Crippen LogP contribution is -2.27.